The van der Waals surface area contributed by atoms with Gasteiger partial charge in [-0.15, -0.1) is 22.9 Å². The first-order valence-electron chi connectivity index (χ1n) is 4.03. The molecule has 0 spiro atoms. The first kappa shape index (κ1) is 14.6. The first-order chi connectivity index (χ1) is 7.29. The van der Waals surface area contributed by atoms with Crippen LogP contribution in [0.1, 0.15) is 10.3 Å². The fourth-order valence-electron chi connectivity index (χ4n) is 0.878. The quantitative estimate of drug-likeness (QED) is 0.687. The van der Waals surface area contributed by atoms with Crippen molar-refractivity contribution in [1.29, 1.82) is 0 Å². The molecule has 0 N–H and O–H groups in total. The minimum absolute atomic E-state index is 0.204. The van der Waals surface area contributed by atoms with Gasteiger partial charge in [0.05, 0.1) is 12.0 Å². The van der Waals surface area contributed by atoms with Crippen LogP contribution in [-0.2, 0) is 4.74 Å². The van der Waals surface area contributed by atoms with E-state index in [1.54, 1.807) is 6.07 Å². The summed E-state index contributed by atoms with van der Waals surface area (Å²) in [6, 6.07) is 1.67. The molecule has 1 aromatic heterocycles. The van der Waals surface area contributed by atoms with Gasteiger partial charge in [0.25, 0.3) is 0 Å². The van der Waals surface area contributed by atoms with E-state index in [9.17, 15) is 13.2 Å². The minimum atomic E-state index is -4.33. The molecule has 0 saturated heterocycles. The molecule has 0 radical (unpaired) electrons. The van der Waals surface area contributed by atoms with E-state index in [0.717, 1.165) is 0 Å². The largest absolute Gasteiger partial charge is 0.411 e. The standard InChI is InChI=1S/C8H6BrCl2F3OS/c9-4-1-6(16-7(4)11)5(10)2-15-3-8(12,13)14/h1,5H,2-3H2. The summed E-state index contributed by atoms with van der Waals surface area (Å²) in [6.07, 6.45) is -4.33. The summed E-state index contributed by atoms with van der Waals surface area (Å²) in [7, 11) is 0. The summed E-state index contributed by atoms with van der Waals surface area (Å²) in [5.41, 5.74) is 0. The zero-order chi connectivity index (χ0) is 12.3. The van der Waals surface area contributed by atoms with Gasteiger partial charge in [-0.2, -0.15) is 13.2 Å². The fraction of sp³-hybridized carbons (Fsp3) is 0.500. The summed E-state index contributed by atoms with van der Waals surface area (Å²) < 4.78 is 41.0. The molecule has 8 heteroatoms. The second-order valence-corrected chi connectivity index (χ2v) is 5.94. The smallest absolute Gasteiger partial charge is 0.370 e. The van der Waals surface area contributed by atoms with Crippen LogP contribution in [-0.4, -0.2) is 19.4 Å². The number of hydrogen-bond acceptors (Lipinski definition) is 2. The van der Waals surface area contributed by atoms with Crippen molar-refractivity contribution in [2.45, 2.75) is 11.6 Å². The topological polar surface area (TPSA) is 9.23 Å². The average Bonchev–Trinajstić information content (AvgIpc) is 2.45. The lowest BCUT2D eigenvalue weighted by molar-refractivity contribution is -0.173. The van der Waals surface area contributed by atoms with Crippen molar-refractivity contribution >= 4 is 50.5 Å². The molecule has 1 atom stereocenters. The van der Waals surface area contributed by atoms with Crippen molar-refractivity contribution in [1.82, 2.24) is 0 Å². The van der Waals surface area contributed by atoms with Crippen LogP contribution in [0.2, 0.25) is 4.34 Å². The van der Waals surface area contributed by atoms with E-state index >= 15 is 0 Å². The van der Waals surface area contributed by atoms with Crippen LogP contribution in [0, 0.1) is 0 Å². The third kappa shape index (κ3) is 4.79. The molecular formula is C8H6BrCl2F3OS. The Hall–Kier alpha value is 0.510. The Bertz CT molecular complexity index is 336. The molecule has 0 aliphatic carbocycles. The van der Waals surface area contributed by atoms with E-state index in [0.29, 0.717) is 13.7 Å². The highest BCUT2D eigenvalue weighted by atomic mass is 79.9. The predicted octanol–water partition coefficient (Wildman–Crippen LogP) is 5.02. The maximum atomic E-state index is 11.8. The zero-order valence-corrected chi connectivity index (χ0v) is 11.6. The molecule has 1 aromatic rings. The van der Waals surface area contributed by atoms with E-state index in [-0.39, 0.29) is 6.61 Å². The van der Waals surface area contributed by atoms with Gasteiger partial charge in [-0.05, 0) is 22.0 Å². The van der Waals surface area contributed by atoms with Gasteiger partial charge in [-0.3, -0.25) is 0 Å². The van der Waals surface area contributed by atoms with Crippen LogP contribution in [0.4, 0.5) is 13.2 Å². The van der Waals surface area contributed by atoms with E-state index in [1.807, 2.05) is 0 Å². The SMILES string of the molecule is FC(F)(F)COCC(Cl)c1cc(Br)c(Cl)s1. The van der Waals surface area contributed by atoms with E-state index in [4.69, 9.17) is 23.2 Å². The molecule has 0 bridgehead atoms. The predicted molar refractivity (Wildman–Crippen MR) is 62.5 cm³/mol. The molecule has 1 unspecified atom stereocenters. The van der Waals surface area contributed by atoms with E-state index in [2.05, 4.69) is 20.7 Å². The Kier molecular flexibility index (Phi) is 5.38. The third-order valence-electron chi connectivity index (χ3n) is 1.50. The van der Waals surface area contributed by atoms with Gasteiger partial charge < -0.3 is 4.74 Å². The third-order valence-corrected chi connectivity index (χ3v) is 4.58. The molecule has 0 aromatic carbocycles. The number of thiophene rings is 1. The number of halogens is 6. The number of ether oxygens (including phenoxy) is 1. The van der Waals surface area contributed by atoms with Crippen LogP contribution in [0.3, 0.4) is 0 Å². The monoisotopic (exact) mass is 356 g/mol. The van der Waals surface area contributed by atoms with Gasteiger partial charge >= 0.3 is 6.18 Å². The number of alkyl halides is 4. The second-order valence-electron chi connectivity index (χ2n) is 2.87. The van der Waals surface area contributed by atoms with Crippen LogP contribution in [0.5, 0.6) is 0 Å². The summed E-state index contributed by atoms with van der Waals surface area (Å²) in [5.74, 6) is 0. The van der Waals surface area contributed by atoms with Crippen molar-refractivity contribution in [2.24, 2.45) is 0 Å². The normalized spacial score (nSPS) is 14.1. The lowest BCUT2D eigenvalue weighted by Gasteiger charge is -2.10. The first-order valence-corrected chi connectivity index (χ1v) is 6.45. The van der Waals surface area contributed by atoms with Gasteiger partial charge in [0.2, 0.25) is 0 Å². The Morgan fingerprint density at radius 2 is 2.12 bits per heavy atom. The van der Waals surface area contributed by atoms with Crippen molar-refractivity contribution in [2.75, 3.05) is 13.2 Å². The Labute approximate surface area is 113 Å². The van der Waals surface area contributed by atoms with Gasteiger partial charge in [0.15, 0.2) is 0 Å². The number of rotatable bonds is 4. The van der Waals surface area contributed by atoms with Crippen molar-refractivity contribution in [3.05, 3.63) is 19.8 Å². The average molecular weight is 358 g/mol. The summed E-state index contributed by atoms with van der Waals surface area (Å²) >= 11 is 16.0. The maximum Gasteiger partial charge on any atom is 0.411 e. The Balaban J connectivity index is 2.44. The van der Waals surface area contributed by atoms with Crippen LogP contribution in [0.15, 0.2) is 10.5 Å². The molecule has 92 valence electrons. The molecule has 1 nitrogen and oxygen atoms in total. The molecule has 0 aliphatic heterocycles. The second kappa shape index (κ2) is 5.91. The van der Waals surface area contributed by atoms with Crippen molar-refractivity contribution in [3.8, 4) is 0 Å². The molecule has 0 aliphatic rings. The van der Waals surface area contributed by atoms with Gasteiger partial charge in [0, 0.05) is 9.35 Å². The molecule has 1 rings (SSSR count). The Morgan fingerprint density at radius 3 is 2.56 bits per heavy atom. The highest BCUT2D eigenvalue weighted by molar-refractivity contribution is 9.10. The Morgan fingerprint density at radius 1 is 1.50 bits per heavy atom. The van der Waals surface area contributed by atoms with Gasteiger partial charge in [-0.1, -0.05) is 11.6 Å². The zero-order valence-electron chi connectivity index (χ0n) is 7.65. The van der Waals surface area contributed by atoms with Crippen LogP contribution in [0.25, 0.3) is 0 Å². The fourth-order valence-corrected chi connectivity index (χ4v) is 2.86. The lowest BCUT2D eigenvalue weighted by Crippen LogP contribution is -2.18. The highest BCUT2D eigenvalue weighted by Gasteiger charge is 2.28. The van der Waals surface area contributed by atoms with Crippen LogP contribution >= 0.6 is 50.5 Å². The van der Waals surface area contributed by atoms with Crippen molar-refractivity contribution < 1.29 is 17.9 Å². The molecule has 16 heavy (non-hydrogen) atoms. The molecule has 1 heterocycles. The molecule has 0 fully saturated rings. The van der Waals surface area contributed by atoms with Gasteiger partial charge in [-0.25, -0.2) is 0 Å². The summed E-state index contributed by atoms with van der Waals surface area (Å²) in [6.45, 7) is -1.50. The molecule has 0 amide bonds. The minimum Gasteiger partial charge on any atom is -0.370 e. The lowest BCUT2D eigenvalue weighted by atomic mass is 10.3. The highest BCUT2D eigenvalue weighted by Crippen LogP contribution is 2.37. The summed E-state index contributed by atoms with van der Waals surface area (Å²) in [4.78, 5) is 0.667. The maximum absolute atomic E-state index is 11.8. The number of hydrogen-bond donors (Lipinski definition) is 0. The molecule has 0 saturated carbocycles. The van der Waals surface area contributed by atoms with E-state index < -0.39 is 18.2 Å². The van der Waals surface area contributed by atoms with Gasteiger partial charge in [0.1, 0.15) is 10.9 Å². The molecular weight excluding hydrogens is 352 g/mol. The summed E-state index contributed by atoms with van der Waals surface area (Å²) in [5, 5.41) is -0.629. The van der Waals surface area contributed by atoms with Crippen LogP contribution < -0.4 is 0 Å². The van der Waals surface area contributed by atoms with Crippen molar-refractivity contribution in [3.63, 3.8) is 0 Å². The van der Waals surface area contributed by atoms with E-state index in [1.165, 1.54) is 11.3 Å².